The number of hydrogen-bond acceptors (Lipinski definition) is 7. The molecule has 1 fully saturated rings. The van der Waals surface area contributed by atoms with Gasteiger partial charge in [0.2, 0.25) is 11.0 Å². The number of aryl methyl sites for hydroxylation is 1. The van der Waals surface area contributed by atoms with Gasteiger partial charge < -0.3 is 5.11 Å². The van der Waals surface area contributed by atoms with Crippen LogP contribution >= 0.6 is 22.9 Å². The van der Waals surface area contributed by atoms with Crippen LogP contribution < -0.4 is 16.2 Å². The number of rotatable bonds is 5. The molecule has 0 radical (unpaired) electrons. The molecule has 2 aromatic rings. The monoisotopic (exact) mass is 367 g/mol. The van der Waals surface area contributed by atoms with Gasteiger partial charge in [0.05, 0.1) is 6.04 Å². The fourth-order valence-corrected chi connectivity index (χ4v) is 3.57. The van der Waals surface area contributed by atoms with Crippen molar-refractivity contribution in [2.45, 2.75) is 38.3 Å². The molecule has 4 N–H and O–H groups in total. The van der Waals surface area contributed by atoms with Crippen molar-refractivity contribution in [1.29, 1.82) is 0 Å². The van der Waals surface area contributed by atoms with Gasteiger partial charge in [0, 0.05) is 17.0 Å². The van der Waals surface area contributed by atoms with Crippen LogP contribution in [0.1, 0.15) is 36.4 Å². The Bertz CT molecular complexity index is 738. The van der Waals surface area contributed by atoms with Gasteiger partial charge in [-0.25, -0.2) is 10.9 Å². The summed E-state index contributed by atoms with van der Waals surface area (Å²) in [6, 6.07) is 4.22. The van der Waals surface area contributed by atoms with E-state index in [9.17, 15) is 9.90 Å². The van der Waals surface area contributed by atoms with Crippen molar-refractivity contribution in [3.05, 3.63) is 33.8 Å². The molecule has 0 bridgehead atoms. The van der Waals surface area contributed by atoms with Crippen LogP contribution in [0, 0.1) is 0 Å². The first-order valence-corrected chi connectivity index (χ1v) is 8.89. The predicted octanol–water partition coefficient (Wildman–Crippen LogP) is 2.40. The van der Waals surface area contributed by atoms with E-state index in [0.29, 0.717) is 22.1 Å². The van der Waals surface area contributed by atoms with E-state index in [1.165, 1.54) is 11.3 Å². The maximum absolute atomic E-state index is 12.3. The lowest BCUT2D eigenvalue weighted by atomic mass is 10.0. The summed E-state index contributed by atoms with van der Waals surface area (Å²) in [5.74, 6) is -0.0428. The molecule has 3 rings (SSSR count). The first-order chi connectivity index (χ1) is 11.6. The first kappa shape index (κ1) is 17.1. The number of nitrogens with zero attached hydrogens (tertiary/aromatic N) is 2. The van der Waals surface area contributed by atoms with E-state index in [-0.39, 0.29) is 17.7 Å². The van der Waals surface area contributed by atoms with Crippen LogP contribution in [0.3, 0.4) is 0 Å². The maximum Gasteiger partial charge on any atom is 0.244 e. The predicted molar refractivity (Wildman–Crippen MR) is 93.1 cm³/mol. The molecule has 1 aliphatic heterocycles. The van der Waals surface area contributed by atoms with Crippen molar-refractivity contribution in [1.82, 2.24) is 21.0 Å². The van der Waals surface area contributed by atoms with Gasteiger partial charge in [-0.05, 0) is 31.0 Å². The number of nitrogens with one attached hydrogen (secondary N) is 3. The lowest BCUT2D eigenvalue weighted by molar-refractivity contribution is -0.117. The normalized spacial score (nSPS) is 20.2. The van der Waals surface area contributed by atoms with Crippen molar-refractivity contribution in [2.75, 3.05) is 5.32 Å². The fraction of sp³-hybridized carbons (Fsp3) is 0.400. The highest BCUT2D eigenvalue weighted by Crippen LogP contribution is 2.32. The van der Waals surface area contributed by atoms with Crippen LogP contribution in [0.4, 0.5) is 5.13 Å². The Morgan fingerprint density at radius 3 is 3.08 bits per heavy atom. The molecular weight excluding hydrogens is 350 g/mol. The molecule has 24 heavy (non-hydrogen) atoms. The molecule has 2 unspecified atom stereocenters. The highest BCUT2D eigenvalue weighted by Gasteiger charge is 2.32. The molecule has 2 atom stereocenters. The maximum atomic E-state index is 12.3. The average molecular weight is 368 g/mol. The number of aromatic hydroxyl groups is 1. The number of benzene rings is 1. The number of anilines is 1. The molecule has 1 aromatic carbocycles. The number of phenols is 1. The zero-order valence-electron chi connectivity index (χ0n) is 13.0. The summed E-state index contributed by atoms with van der Waals surface area (Å²) < 4.78 is 0. The summed E-state index contributed by atoms with van der Waals surface area (Å²) in [5.41, 5.74) is 6.62. The Hall–Kier alpha value is -1.74. The minimum atomic E-state index is -0.438. The summed E-state index contributed by atoms with van der Waals surface area (Å²) in [4.78, 5) is 12.3. The van der Waals surface area contributed by atoms with Gasteiger partial charge in [-0.15, -0.1) is 10.2 Å². The number of hydrazine groups is 1. The van der Waals surface area contributed by atoms with Gasteiger partial charge in [-0.1, -0.05) is 29.9 Å². The van der Waals surface area contributed by atoms with Gasteiger partial charge in [-0.3, -0.25) is 10.1 Å². The zero-order chi connectivity index (χ0) is 17.1. The molecule has 128 valence electrons. The molecule has 0 saturated carbocycles. The number of hydrogen-bond donors (Lipinski definition) is 4. The largest absolute Gasteiger partial charge is 0.508 e. The fourth-order valence-electron chi connectivity index (χ4n) is 2.55. The van der Waals surface area contributed by atoms with Gasteiger partial charge in [-0.2, -0.15) is 0 Å². The van der Waals surface area contributed by atoms with Crippen LogP contribution in [0.25, 0.3) is 0 Å². The van der Waals surface area contributed by atoms with E-state index >= 15 is 0 Å². The lowest BCUT2D eigenvalue weighted by Gasteiger charge is -2.12. The van der Waals surface area contributed by atoms with Crippen molar-refractivity contribution in [3.8, 4) is 5.75 Å². The molecule has 9 heteroatoms. The molecule has 0 spiro atoms. The van der Waals surface area contributed by atoms with Crippen LogP contribution in [-0.2, 0) is 11.2 Å². The Morgan fingerprint density at radius 2 is 2.29 bits per heavy atom. The van der Waals surface area contributed by atoms with Crippen LogP contribution in [-0.4, -0.2) is 27.3 Å². The number of carbonyl (C=O) groups excluding carboxylic acids is 1. The van der Waals surface area contributed by atoms with Crippen molar-refractivity contribution in [2.24, 2.45) is 0 Å². The van der Waals surface area contributed by atoms with Gasteiger partial charge in [0.1, 0.15) is 16.8 Å². The van der Waals surface area contributed by atoms with Gasteiger partial charge >= 0.3 is 0 Å². The van der Waals surface area contributed by atoms with Gasteiger partial charge in [0.15, 0.2) is 0 Å². The summed E-state index contributed by atoms with van der Waals surface area (Å²) in [6.45, 7) is 2.07. The quantitative estimate of drug-likeness (QED) is 0.647. The standard InChI is InChI=1S/C15H18ClN5O2S/c1-2-3-13-20-21-15(24-13)17-14(23)11-7-10(18-19-11)9-6-8(16)4-5-12(9)22/h4-6,10-11,18-19,22H,2-3,7H2,1H3,(H,17,21,23). The number of phenolic OH excluding ortho intramolecular Hbond substituents is 1. The van der Waals surface area contributed by atoms with Crippen LogP contribution in [0.15, 0.2) is 18.2 Å². The van der Waals surface area contributed by atoms with E-state index in [0.717, 1.165) is 17.8 Å². The zero-order valence-corrected chi connectivity index (χ0v) is 14.6. The van der Waals surface area contributed by atoms with Crippen LogP contribution in [0.2, 0.25) is 5.02 Å². The summed E-state index contributed by atoms with van der Waals surface area (Å²) >= 11 is 7.36. The number of halogens is 1. The number of aromatic nitrogens is 2. The van der Waals surface area contributed by atoms with Crippen LogP contribution in [0.5, 0.6) is 5.75 Å². The Labute approximate surface area is 148 Å². The topological polar surface area (TPSA) is 99.2 Å². The molecule has 0 aliphatic carbocycles. The second-order valence-electron chi connectivity index (χ2n) is 5.57. The van der Waals surface area contributed by atoms with E-state index < -0.39 is 6.04 Å². The van der Waals surface area contributed by atoms with E-state index in [1.807, 2.05) is 0 Å². The third-order valence-corrected chi connectivity index (χ3v) is 4.88. The highest BCUT2D eigenvalue weighted by atomic mass is 35.5. The van der Waals surface area contributed by atoms with Crippen molar-refractivity contribution < 1.29 is 9.90 Å². The minimum absolute atomic E-state index is 0.146. The first-order valence-electron chi connectivity index (χ1n) is 7.69. The SMILES string of the molecule is CCCc1nnc(NC(=O)C2CC(c3cc(Cl)ccc3O)NN2)s1. The Balaban J connectivity index is 1.62. The second kappa shape index (κ2) is 7.43. The molecule has 1 saturated heterocycles. The minimum Gasteiger partial charge on any atom is -0.508 e. The molecular formula is C15H18ClN5O2S. The number of amides is 1. The smallest absolute Gasteiger partial charge is 0.244 e. The molecule has 7 nitrogen and oxygen atoms in total. The Kier molecular flexibility index (Phi) is 5.30. The second-order valence-corrected chi connectivity index (χ2v) is 7.07. The van der Waals surface area contributed by atoms with Crippen molar-refractivity contribution >= 4 is 34.0 Å². The average Bonchev–Trinajstić information content (AvgIpc) is 3.20. The summed E-state index contributed by atoms with van der Waals surface area (Å²) in [6.07, 6.45) is 2.33. The van der Waals surface area contributed by atoms with Crippen molar-refractivity contribution in [3.63, 3.8) is 0 Å². The molecule has 2 heterocycles. The van der Waals surface area contributed by atoms with Gasteiger partial charge in [0.25, 0.3) is 0 Å². The molecule has 1 aromatic heterocycles. The third kappa shape index (κ3) is 3.84. The third-order valence-electron chi connectivity index (χ3n) is 3.75. The van der Waals surface area contributed by atoms with E-state index in [1.54, 1.807) is 18.2 Å². The number of carbonyl (C=O) groups is 1. The Morgan fingerprint density at radius 1 is 1.46 bits per heavy atom. The summed E-state index contributed by atoms with van der Waals surface area (Å²) in [7, 11) is 0. The summed E-state index contributed by atoms with van der Waals surface area (Å²) in [5, 5.41) is 22.7. The van der Waals surface area contributed by atoms with E-state index in [4.69, 9.17) is 11.6 Å². The molecule has 1 aliphatic rings. The molecule has 1 amide bonds. The highest BCUT2D eigenvalue weighted by molar-refractivity contribution is 7.15. The lowest BCUT2D eigenvalue weighted by Crippen LogP contribution is -2.39. The van der Waals surface area contributed by atoms with E-state index in [2.05, 4.69) is 33.3 Å².